The maximum absolute atomic E-state index is 12.9. The number of hydrogen-bond donors (Lipinski definition) is 2. The summed E-state index contributed by atoms with van der Waals surface area (Å²) in [6.45, 7) is 4.13. The molecule has 5 rings (SSSR count). The Morgan fingerprint density at radius 1 is 1.22 bits per heavy atom. The Hall–Kier alpha value is -3.31. The summed E-state index contributed by atoms with van der Waals surface area (Å²) < 4.78 is 5.34. The van der Waals surface area contributed by atoms with Crippen molar-refractivity contribution < 1.29 is 9.53 Å². The molecule has 4 heterocycles. The van der Waals surface area contributed by atoms with Crippen molar-refractivity contribution in [2.75, 3.05) is 17.7 Å². The molecule has 164 valence electrons. The number of aromatic nitrogens is 6. The lowest BCUT2D eigenvalue weighted by atomic mass is 9.96. The van der Waals surface area contributed by atoms with Crippen molar-refractivity contribution in [3.05, 3.63) is 40.3 Å². The molecule has 0 saturated heterocycles. The van der Waals surface area contributed by atoms with E-state index < -0.39 is 6.03 Å². The largest absolute Gasteiger partial charge is 0.479 e. The van der Waals surface area contributed by atoms with E-state index in [-0.39, 0.29) is 22.1 Å². The van der Waals surface area contributed by atoms with E-state index in [0.717, 1.165) is 33.8 Å². The number of urea groups is 1. The van der Waals surface area contributed by atoms with Gasteiger partial charge in [0.05, 0.1) is 41.4 Å². The molecule has 1 fully saturated rings. The SMILES string of the molecule is COc1nc(-n2nccn2)c(Cl)cc1NC(=O)Nc1cnc2sc(C)nc2c1C1(C)CC1. The van der Waals surface area contributed by atoms with Gasteiger partial charge in [0.2, 0.25) is 5.88 Å². The summed E-state index contributed by atoms with van der Waals surface area (Å²) in [5, 5.41) is 14.9. The zero-order chi connectivity index (χ0) is 22.5. The minimum absolute atomic E-state index is 0.0225. The van der Waals surface area contributed by atoms with Crippen molar-refractivity contribution in [2.45, 2.75) is 32.1 Å². The molecule has 1 saturated carbocycles. The van der Waals surface area contributed by atoms with Crippen molar-refractivity contribution >= 4 is 50.7 Å². The second-order valence-corrected chi connectivity index (χ2v) is 9.33. The lowest BCUT2D eigenvalue weighted by Gasteiger charge is -2.17. The topological polar surface area (TPSA) is 120 Å². The molecule has 10 nitrogen and oxygen atoms in total. The van der Waals surface area contributed by atoms with Crippen molar-refractivity contribution in [3.8, 4) is 11.7 Å². The summed E-state index contributed by atoms with van der Waals surface area (Å²) in [6.07, 6.45) is 6.78. The van der Waals surface area contributed by atoms with Gasteiger partial charge in [-0.25, -0.2) is 14.8 Å². The second kappa shape index (κ2) is 7.68. The molecule has 4 aromatic heterocycles. The number of ether oxygens (including phenoxy) is 1. The van der Waals surface area contributed by atoms with Crippen LogP contribution in [-0.2, 0) is 5.41 Å². The number of thiazole rings is 1. The molecule has 0 radical (unpaired) electrons. The molecule has 4 aromatic rings. The molecular weight excluding hydrogens is 452 g/mol. The van der Waals surface area contributed by atoms with Gasteiger partial charge in [-0.3, -0.25) is 0 Å². The first-order valence-electron chi connectivity index (χ1n) is 9.84. The molecule has 0 bridgehead atoms. The van der Waals surface area contributed by atoms with Crippen LogP contribution >= 0.6 is 22.9 Å². The van der Waals surface area contributed by atoms with Gasteiger partial charge in [0, 0.05) is 5.56 Å². The van der Waals surface area contributed by atoms with Crippen molar-refractivity contribution in [3.63, 3.8) is 0 Å². The van der Waals surface area contributed by atoms with Gasteiger partial charge >= 0.3 is 6.03 Å². The van der Waals surface area contributed by atoms with Gasteiger partial charge in [-0.2, -0.15) is 15.2 Å². The average molecular weight is 471 g/mol. The van der Waals surface area contributed by atoms with E-state index in [9.17, 15) is 4.79 Å². The van der Waals surface area contributed by atoms with Gasteiger partial charge in [-0.05, 0) is 31.2 Å². The van der Waals surface area contributed by atoms with Gasteiger partial charge in [0.15, 0.2) is 5.82 Å². The summed E-state index contributed by atoms with van der Waals surface area (Å²) in [7, 11) is 1.45. The highest BCUT2D eigenvalue weighted by molar-refractivity contribution is 7.18. The van der Waals surface area contributed by atoms with Gasteiger partial charge in [0.1, 0.15) is 16.0 Å². The third-order valence-electron chi connectivity index (χ3n) is 5.36. The second-order valence-electron chi connectivity index (χ2n) is 7.74. The molecular formula is C20H19ClN8O2S. The number of aryl methyl sites for hydroxylation is 1. The van der Waals surface area contributed by atoms with Crippen LogP contribution in [0.25, 0.3) is 16.2 Å². The predicted molar refractivity (Wildman–Crippen MR) is 122 cm³/mol. The first-order valence-corrected chi connectivity index (χ1v) is 11.0. The standard InChI is InChI=1S/C20H19ClN8O2S/c1-10-25-15-14(20(2)4-5-20)13(9-22-18(15)32-10)27-19(30)26-12-8-11(21)16(28-17(12)31-3)29-23-6-7-24-29/h6-9H,4-5H2,1-3H3,(H2,26,27,30). The van der Waals surface area contributed by atoms with Crippen LogP contribution in [0.1, 0.15) is 30.3 Å². The van der Waals surface area contributed by atoms with Crippen LogP contribution in [0.4, 0.5) is 16.2 Å². The van der Waals surface area contributed by atoms with Crippen LogP contribution in [0.3, 0.4) is 0 Å². The maximum atomic E-state index is 12.9. The molecule has 32 heavy (non-hydrogen) atoms. The summed E-state index contributed by atoms with van der Waals surface area (Å²) in [4.78, 5) is 28.5. The Bertz CT molecular complexity index is 1330. The van der Waals surface area contributed by atoms with Crippen LogP contribution in [0, 0.1) is 6.92 Å². The number of anilines is 2. The number of hydrogen-bond acceptors (Lipinski definition) is 8. The van der Waals surface area contributed by atoms with E-state index in [0.29, 0.717) is 11.4 Å². The molecule has 0 aliphatic heterocycles. The fourth-order valence-electron chi connectivity index (χ4n) is 3.57. The lowest BCUT2D eigenvalue weighted by molar-refractivity contribution is 0.262. The fourth-order valence-corrected chi connectivity index (χ4v) is 4.57. The van der Waals surface area contributed by atoms with E-state index in [1.54, 1.807) is 23.6 Å². The third kappa shape index (κ3) is 3.63. The third-order valence-corrected chi connectivity index (χ3v) is 6.51. The van der Waals surface area contributed by atoms with Crippen LogP contribution in [-0.4, -0.2) is 43.1 Å². The van der Waals surface area contributed by atoms with E-state index in [1.165, 1.54) is 24.3 Å². The Balaban J connectivity index is 1.44. The van der Waals surface area contributed by atoms with Gasteiger partial charge in [-0.15, -0.1) is 4.80 Å². The quantitative estimate of drug-likeness (QED) is 0.445. The minimum atomic E-state index is -0.468. The Labute approximate surface area is 192 Å². The van der Waals surface area contributed by atoms with E-state index in [2.05, 4.69) is 42.7 Å². The normalized spacial score (nSPS) is 14.4. The number of fused-ring (bicyclic) bond motifs is 1. The first kappa shape index (κ1) is 20.6. The highest BCUT2D eigenvalue weighted by Gasteiger charge is 2.43. The van der Waals surface area contributed by atoms with Gasteiger partial charge < -0.3 is 15.4 Å². The summed E-state index contributed by atoms with van der Waals surface area (Å²) in [5.74, 6) is 0.465. The molecule has 12 heteroatoms. The number of carbonyl (C=O) groups is 1. The number of methoxy groups -OCH3 is 1. The number of nitrogens with zero attached hydrogens (tertiary/aromatic N) is 6. The highest BCUT2D eigenvalue weighted by atomic mass is 35.5. The molecule has 2 amide bonds. The molecule has 2 N–H and O–H groups in total. The van der Waals surface area contributed by atoms with Crippen molar-refractivity contribution in [2.24, 2.45) is 0 Å². The smallest absolute Gasteiger partial charge is 0.323 e. The van der Waals surface area contributed by atoms with Gasteiger partial charge in [0.25, 0.3) is 0 Å². The molecule has 0 unspecified atom stereocenters. The van der Waals surface area contributed by atoms with Crippen LogP contribution < -0.4 is 15.4 Å². The maximum Gasteiger partial charge on any atom is 0.323 e. The minimum Gasteiger partial charge on any atom is -0.479 e. The lowest BCUT2D eigenvalue weighted by Crippen LogP contribution is -2.22. The molecule has 0 aromatic carbocycles. The number of pyridine rings is 2. The fraction of sp³-hybridized carbons (Fsp3) is 0.300. The zero-order valence-corrected chi connectivity index (χ0v) is 19.1. The molecule has 0 atom stereocenters. The number of amides is 2. The Morgan fingerprint density at radius 3 is 2.62 bits per heavy atom. The number of rotatable bonds is 5. The average Bonchev–Trinajstić information content (AvgIpc) is 3.14. The molecule has 1 aliphatic carbocycles. The summed E-state index contributed by atoms with van der Waals surface area (Å²) in [5.41, 5.74) is 2.79. The number of nitrogens with one attached hydrogen (secondary N) is 2. The van der Waals surface area contributed by atoms with Crippen LogP contribution in [0.15, 0.2) is 24.7 Å². The van der Waals surface area contributed by atoms with Crippen molar-refractivity contribution in [1.29, 1.82) is 0 Å². The number of halogens is 1. The van der Waals surface area contributed by atoms with E-state index in [1.807, 2.05) is 6.92 Å². The first-order chi connectivity index (χ1) is 15.4. The Kier molecular flexibility index (Phi) is 4.94. The monoisotopic (exact) mass is 470 g/mol. The number of carbonyl (C=O) groups excluding carboxylic acids is 1. The molecule has 1 aliphatic rings. The van der Waals surface area contributed by atoms with Crippen molar-refractivity contribution in [1.82, 2.24) is 29.9 Å². The predicted octanol–water partition coefficient (Wildman–Crippen LogP) is 4.33. The summed E-state index contributed by atoms with van der Waals surface area (Å²) in [6, 6.07) is 1.07. The zero-order valence-electron chi connectivity index (χ0n) is 17.5. The Morgan fingerprint density at radius 2 is 1.94 bits per heavy atom. The van der Waals surface area contributed by atoms with Crippen LogP contribution in [0.5, 0.6) is 5.88 Å². The summed E-state index contributed by atoms with van der Waals surface area (Å²) >= 11 is 7.89. The van der Waals surface area contributed by atoms with E-state index in [4.69, 9.17) is 16.3 Å². The van der Waals surface area contributed by atoms with E-state index >= 15 is 0 Å². The van der Waals surface area contributed by atoms with Crippen LogP contribution in [0.2, 0.25) is 5.02 Å². The van der Waals surface area contributed by atoms with Gasteiger partial charge in [-0.1, -0.05) is 29.9 Å². The highest BCUT2D eigenvalue weighted by Crippen LogP contribution is 2.52. The molecule has 0 spiro atoms.